The van der Waals surface area contributed by atoms with Crippen LogP contribution in [0.4, 0.5) is 18.9 Å². The van der Waals surface area contributed by atoms with Gasteiger partial charge < -0.3 is 5.73 Å². The summed E-state index contributed by atoms with van der Waals surface area (Å²) < 4.78 is 36.3. The average Bonchev–Trinajstić information content (AvgIpc) is 1.92. The van der Waals surface area contributed by atoms with Gasteiger partial charge in [0, 0.05) is 12.1 Å². The van der Waals surface area contributed by atoms with E-state index in [1.807, 2.05) is 0 Å². The van der Waals surface area contributed by atoms with Crippen LogP contribution in [0.2, 0.25) is 5.02 Å². The molecule has 1 aromatic rings. The maximum absolute atomic E-state index is 12.1. The maximum atomic E-state index is 12.1. The molecule has 0 amide bonds. The highest BCUT2D eigenvalue weighted by Gasteiger charge is 2.33. The van der Waals surface area contributed by atoms with Gasteiger partial charge in [-0.05, 0) is 6.07 Å². The summed E-state index contributed by atoms with van der Waals surface area (Å²) in [6.07, 6.45) is -4.40. The SMILES string of the molecule is [NH3+]c1ccc(Cl)c(C(F)(F)F)c1. The standard InChI is InChI=1S/C7H5ClF3N/c8-6-2-1-4(12)3-5(6)7(9,10)11/h1-3H,12H2/p+1. The topological polar surface area (TPSA) is 27.6 Å². The lowest BCUT2D eigenvalue weighted by atomic mass is 10.2. The van der Waals surface area contributed by atoms with E-state index in [0.29, 0.717) is 5.69 Å². The molecule has 1 nitrogen and oxygen atoms in total. The van der Waals surface area contributed by atoms with E-state index >= 15 is 0 Å². The van der Waals surface area contributed by atoms with Crippen LogP contribution in [0, 0.1) is 0 Å². The van der Waals surface area contributed by atoms with Crippen LogP contribution in [-0.4, -0.2) is 0 Å². The highest BCUT2D eigenvalue weighted by molar-refractivity contribution is 6.31. The summed E-state index contributed by atoms with van der Waals surface area (Å²) in [5, 5.41) is -0.296. The van der Waals surface area contributed by atoms with Crippen LogP contribution in [-0.2, 0) is 6.18 Å². The summed E-state index contributed by atoms with van der Waals surface area (Å²) in [6.45, 7) is 0. The zero-order chi connectivity index (χ0) is 9.35. The lowest BCUT2D eigenvalue weighted by Gasteiger charge is -2.07. The van der Waals surface area contributed by atoms with Crippen molar-refractivity contribution in [1.82, 2.24) is 0 Å². The van der Waals surface area contributed by atoms with E-state index in [2.05, 4.69) is 5.73 Å². The Morgan fingerprint density at radius 1 is 1.25 bits per heavy atom. The predicted molar refractivity (Wildman–Crippen MR) is 39.0 cm³/mol. The molecule has 12 heavy (non-hydrogen) atoms. The fourth-order valence-electron chi connectivity index (χ4n) is 0.790. The fourth-order valence-corrected chi connectivity index (χ4v) is 1.01. The van der Waals surface area contributed by atoms with Crippen molar-refractivity contribution in [3.05, 3.63) is 28.8 Å². The molecule has 0 fully saturated rings. The first-order valence-corrected chi connectivity index (χ1v) is 3.48. The van der Waals surface area contributed by atoms with E-state index in [4.69, 9.17) is 11.6 Å². The molecule has 3 N–H and O–H groups in total. The molecule has 1 aromatic carbocycles. The number of rotatable bonds is 0. The summed E-state index contributed by atoms with van der Waals surface area (Å²) in [4.78, 5) is 0. The van der Waals surface area contributed by atoms with E-state index in [-0.39, 0.29) is 5.02 Å². The first-order chi connectivity index (χ1) is 5.41. The molecule has 0 aromatic heterocycles. The Morgan fingerprint density at radius 3 is 2.25 bits per heavy atom. The fraction of sp³-hybridized carbons (Fsp3) is 0.143. The van der Waals surface area contributed by atoms with Gasteiger partial charge in [0.05, 0.1) is 10.6 Å². The van der Waals surface area contributed by atoms with Crippen molar-refractivity contribution in [2.45, 2.75) is 6.18 Å². The average molecular weight is 197 g/mol. The summed E-state index contributed by atoms with van der Waals surface area (Å²) in [5.41, 5.74) is 2.84. The van der Waals surface area contributed by atoms with Crippen LogP contribution in [0.15, 0.2) is 18.2 Å². The van der Waals surface area contributed by atoms with Crippen LogP contribution in [0.3, 0.4) is 0 Å². The van der Waals surface area contributed by atoms with E-state index < -0.39 is 11.7 Å². The first-order valence-electron chi connectivity index (χ1n) is 3.10. The lowest BCUT2D eigenvalue weighted by molar-refractivity contribution is -0.255. The van der Waals surface area contributed by atoms with Crippen LogP contribution >= 0.6 is 11.6 Å². The van der Waals surface area contributed by atoms with Gasteiger partial charge in [-0.25, -0.2) is 0 Å². The molecule has 0 aliphatic heterocycles. The molecular weight excluding hydrogens is 191 g/mol. The third kappa shape index (κ3) is 1.89. The molecular formula is C7H6ClF3N+. The molecule has 5 heteroatoms. The van der Waals surface area contributed by atoms with E-state index in [0.717, 1.165) is 6.07 Å². The largest absolute Gasteiger partial charge is 0.418 e. The van der Waals surface area contributed by atoms with Gasteiger partial charge in [-0.3, -0.25) is 0 Å². The number of hydrogen-bond donors (Lipinski definition) is 1. The summed E-state index contributed by atoms with van der Waals surface area (Å²) in [5.74, 6) is 0. The first kappa shape index (κ1) is 9.35. The van der Waals surface area contributed by atoms with Gasteiger partial charge in [0.2, 0.25) is 0 Å². The molecule has 0 saturated heterocycles. The maximum Gasteiger partial charge on any atom is 0.418 e. The molecule has 66 valence electrons. The molecule has 0 spiro atoms. The highest BCUT2D eigenvalue weighted by Crippen LogP contribution is 2.35. The van der Waals surface area contributed by atoms with Crippen molar-refractivity contribution in [2.24, 2.45) is 0 Å². The van der Waals surface area contributed by atoms with Gasteiger partial charge >= 0.3 is 6.18 Å². The van der Waals surface area contributed by atoms with Crippen molar-refractivity contribution in [3.8, 4) is 0 Å². The smallest absolute Gasteiger partial charge is 0.325 e. The van der Waals surface area contributed by atoms with Gasteiger partial charge in [0.1, 0.15) is 5.69 Å². The number of alkyl halides is 3. The minimum atomic E-state index is -4.40. The molecule has 0 heterocycles. The molecule has 0 saturated carbocycles. The van der Waals surface area contributed by atoms with Crippen LogP contribution in [0.25, 0.3) is 0 Å². The Balaban J connectivity index is 3.23. The van der Waals surface area contributed by atoms with Crippen molar-refractivity contribution in [3.63, 3.8) is 0 Å². The molecule has 1 rings (SSSR count). The second kappa shape index (κ2) is 2.95. The van der Waals surface area contributed by atoms with Crippen LogP contribution < -0.4 is 5.73 Å². The molecule has 0 bridgehead atoms. The minimum absolute atomic E-state index is 0.296. The van der Waals surface area contributed by atoms with E-state index in [9.17, 15) is 13.2 Å². The number of hydrogen-bond acceptors (Lipinski definition) is 0. The van der Waals surface area contributed by atoms with Crippen LogP contribution in [0.1, 0.15) is 5.56 Å². The number of quaternary nitrogens is 1. The quantitative estimate of drug-likeness (QED) is 0.659. The van der Waals surface area contributed by atoms with Crippen molar-refractivity contribution < 1.29 is 18.9 Å². The van der Waals surface area contributed by atoms with E-state index in [1.165, 1.54) is 12.1 Å². The second-order valence-electron chi connectivity index (χ2n) is 2.31. The lowest BCUT2D eigenvalue weighted by Crippen LogP contribution is -2.40. The monoisotopic (exact) mass is 196 g/mol. The third-order valence-electron chi connectivity index (χ3n) is 1.34. The van der Waals surface area contributed by atoms with E-state index in [1.54, 1.807) is 0 Å². The Kier molecular flexibility index (Phi) is 2.30. The molecule has 0 radical (unpaired) electrons. The highest BCUT2D eigenvalue weighted by atomic mass is 35.5. The second-order valence-corrected chi connectivity index (χ2v) is 2.72. The zero-order valence-corrected chi connectivity index (χ0v) is 6.71. The van der Waals surface area contributed by atoms with Gasteiger partial charge in [-0.15, -0.1) is 0 Å². The molecule has 0 aliphatic carbocycles. The number of halogens is 4. The Labute approximate surface area is 71.9 Å². The summed E-state index contributed by atoms with van der Waals surface area (Å²) in [6, 6.07) is 3.53. The van der Waals surface area contributed by atoms with Gasteiger partial charge in [-0.2, -0.15) is 13.2 Å². The Hall–Kier alpha value is -0.740. The zero-order valence-electron chi connectivity index (χ0n) is 5.95. The Morgan fingerprint density at radius 2 is 1.83 bits per heavy atom. The molecule has 0 unspecified atom stereocenters. The van der Waals surface area contributed by atoms with Crippen molar-refractivity contribution in [2.75, 3.05) is 0 Å². The third-order valence-corrected chi connectivity index (χ3v) is 1.67. The van der Waals surface area contributed by atoms with Crippen molar-refractivity contribution in [1.29, 1.82) is 0 Å². The predicted octanol–water partition coefficient (Wildman–Crippen LogP) is 2.23. The normalized spacial score (nSPS) is 11.8. The minimum Gasteiger partial charge on any atom is -0.325 e. The van der Waals surface area contributed by atoms with Gasteiger partial charge in [0.15, 0.2) is 0 Å². The van der Waals surface area contributed by atoms with Crippen LogP contribution in [0.5, 0.6) is 0 Å². The van der Waals surface area contributed by atoms with Gasteiger partial charge in [-0.1, -0.05) is 11.6 Å². The van der Waals surface area contributed by atoms with Gasteiger partial charge in [0.25, 0.3) is 0 Å². The Bertz CT molecular complexity index is 295. The summed E-state index contributed by atoms with van der Waals surface area (Å²) >= 11 is 5.33. The number of benzene rings is 1. The molecule has 0 atom stereocenters. The van der Waals surface area contributed by atoms with Crippen molar-refractivity contribution >= 4 is 17.3 Å². The summed E-state index contributed by atoms with van der Waals surface area (Å²) in [7, 11) is 0. The molecule has 0 aliphatic rings.